The lowest BCUT2D eigenvalue weighted by molar-refractivity contribution is 0.0951. The fraction of sp³-hybridized carbons (Fsp3) is 0.167. The molecule has 1 heterocycles. The Morgan fingerprint density at radius 2 is 2.28 bits per heavy atom. The van der Waals surface area contributed by atoms with Gasteiger partial charge in [0.05, 0.1) is 17.8 Å². The first-order valence-corrected chi connectivity index (χ1v) is 5.38. The van der Waals surface area contributed by atoms with Gasteiger partial charge in [-0.2, -0.15) is 5.10 Å². The Labute approximate surface area is 103 Å². The van der Waals surface area contributed by atoms with Crippen LogP contribution in [0.15, 0.2) is 30.5 Å². The summed E-state index contributed by atoms with van der Waals surface area (Å²) in [5.74, 6) is -0.801. The Morgan fingerprint density at radius 1 is 1.50 bits per heavy atom. The van der Waals surface area contributed by atoms with Crippen molar-refractivity contribution in [3.8, 4) is 0 Å². The minimum atomic E-state index is -0.462. The van der Waals surface area contributed by atoms with Crippen molar-refractivity contribution in [2.75, 3.05) is 5.73 Å². The van der Waals surface area contributed by atoms with Crippen LogP contribution in [0.5, 0.6) is 0 Å². The van der Waals surface area contributed by atoms with Crippen LogP contribution in [0.2, 0.25) is 0 Å². The number of aryl methyl sites for hydroxylation is 1. The average molecular weight is 248 g/mol. The van der Waals surface area contributed by atoms with Crippen LogP contribution >= 0.6 is 0 Å². The second-order valence-electron chi connectivity index (χ2n) is 3.86. The van der Waals surface area contributed by atoms with Gasteiger partial charge in [-0.1, -0.05) is 0 Å². The minimum Gasteiger partial charge on any atom is -0.398 e. The molecule has 2 aromatic rings. The number of benzene rings is 1. The van der Waals surface area contributed by atoms with Crippen LogP contribution in [0, 0.1) is 5.82 Å². The summed E-state index contributed by atoms with van der Waals surface area (Å²) < 4.78 is 14.5. The highest BCUT2D eigenvalue weighted by atomic mass is 19.1. The van der Waals surface area contributed by atoms with Crippen LogP contribution in [0.1, 0.15) is 16.1 Å². The monoisotopic (exact) mass is 248 g/mol. The van der Waals surface area contributed by atoms with Crippen molar-refractivity contribution >= 4 is 11.6 Å². The number of hydrogen-bond donors (Lipinski definition) is 2. The number of halogens is 1. The first-order chi connectivity index (χ1) is 8.58. The van der Waals surface area contributed by atoms with Gasteiger partial charge in [0.15, 0.2) is 0 Å². The first kappa shape index (κ1) is 12.1. The highest BCUT2D eigenvalue weighted by molar-refractivity contribution is 5.99. The number of nitrogen functional groups attached to an aromatic ring is 1. The lowest BCUT2D eigenvalue weighted by atomic mass is 10.1. The number of carbonyl (C=O) groups excluding carboxylic acids is 1. The van der Waals surface area contributed by atoms with Crippen LogP contribution in [-0.4, -0.2) is 15.7 Å². The summed E-state index contributed by atoms with van der Waals surface area (Å²) in [6, 6.07) is 5.49. The predicted molar refractivity (Wildman–Crippen MR) is 65.2 cm³/mol. The molecule has 0 spiro atoms. The van der Waals surface area contributed by atoms with Crippen molar-refractivity contribution in [2.24, 2.45) is 7.05 Å². The number of nitrogens with one attached hydrogen (secondary N) is 1. The molecule has 0 aliphatic heterocycles. The molecule has 0 saturated carbocycles. The number of carbonyl (C=O) groups is 1. The Balaban J connectivity index is 2.06. The third-order valence-electron chi connectivity index (χ3n) is 2.61. The maximum absolute atomic E-state index is 12.8. The molecule has 0 radical (unpaired) electrons. The fourth-order valence-corrected chi connectivity index (χ4v) is 1.58. The number of anilines is 1. The fourth-order valence-electron chi connectivity index (χ4n) is 1.58. The zero-order chi connectivity index (χ0) is 13.1. The number of hydrogen-bond acceptors (Lipinski definition) is 3. The topological polar surface area (TPSA) is 72.9 Å². The van der Waals surface area contributed by atoms with E-state index < -0.39 is 5.82 Å². The molecular weight excluding hydrogens is 235 g/mol. The third-order valence-corrected chi connectivity index (χ3v) is 2.61. The summed E-state index contributed by atoms with van der Waals surface area (Å²) >= 11 is 0. The van der Waals surface area contributed by atoms with Gasteiger partial charge in [0.1, 0.15) is 5.82 Å². The van der Waals surface area contributed by atoms with Crippen molar-refractivity contribution in [2.45, 2.75) is 6.54 Å². The number of aromatic nitrogens is 2. The number of nitrogens with two attached hydrogens (primary N) is 1. The molecule has 0 bridgehead atoms. The standard InChI is InChI=1S/C12H13FN4O/c1-17-9(4-5-16-17)7-15-12(18)10-3-2-8(13)6-11(10)14/h2-6H,7,14H2,1H3,(H,15,18). The quantitative estimate of drug-likeness (QED) is 0.798. The van der Waals surface area contributed by atoms with Crippen LogP contribution in [-0.2, 0) is 13.6 Å². The van der Waals surface area contributed by atoms with E-state index >= 15 is 0 Å². The molecule has 94 valence electrons. The van der Waals surface area contributed by atoms with Crippen molar-refractivity contribution in [3.05, 3.63) is 47.5 Å². The summed E-state index contributed by atoms with van der Waals surface area (Å²) in [7, 11) is 1.79. The van der Waals surface area contributed by atoms with Gasteiger partial charge in [-0.05, 0) is 24.3 Å². The van der Waals surface area contributed by atoms with E-state index in [0.717, 1.165) is 11.8 Å². The Hall–Kier alpha value is -2.37. The van der Waals surface area contributed by atoms with E-state index in [9.17, 15) is 9.18 Å². The lowest BCUT2D eigenvalue weighted by Crippen LogP contribution is -2.25. The number of amides is 1. The largest absolute Gasteiger partial charge is 0.398 e. The number of nitrogens with zero attached hydrogens (tertiary/aromatic N) is 2. The van der Waals surface area contributed by atoms with E-state index in [1.54, 1.807) is 24.0 Å². The average Bonchev–Trinajstić information content (AvgIpc) is 2.72. The lowest BCUT2D eigenvalue weighted by Gasteiger charge is -2.07. The molecule has 1 amide bonds. The summed E-state index contributed by atoms with van der Waals surface area (Å²) in [4.78, 5) is 11.8. The molecular formula is C12H13FN4O. The molecule has 0 fully saturated rings. The second-order valence-corrected chi connectivity index (χ2v) is 3.86. The van der Waals surface area contributed by atoms with E-state index in [1.807, 2.05) is 0 Å². The minimum absolute atomic E-state index is 0.123. The first-order valence-electron chi connectivity index (χ1n) is 5.38. The van der Waals surface area contributed by atoms with Crippen LogP contribution in [0.4, 0.5) is 10.1 Å². The van der Waals surface area contributed by atoms with E-state index in [4.69, 9.17) is 5.73 Å². The van der Waals surface area contributed by atoms with E-state index in [2.05, 4.69) is 10.4 Å². The summed E-state index contributed by atoms with van der Waals surface area (Å²) in [5.41, 5.74) is 6.83. The number of rotatable bonds is 3. The van der Waals surface area contributed by atoms with Crippen LogP contribution in [0.3, 0.4) is 0 Å². The van der Waals surface area contributed by atoms with Gasteiger partial charge < -0.3 is 11.1 Å². The van der Waals surface area contributed by atoms with Gasteiger partial charge >= 0.3 is 0 Å². The molecule has 0 aliphatic rings. The molecule has 1 aromatic heterocycles. The Kier molecular flexibility index (Phi) is 3.27. The predicted octanol–water partition coefficient (Wildman–Crippen LogP) is 1.07. The van der Waals surface area contributed by atoms with Crippen molar-refractivity contribution in [3.63, 3.8) is 0 Å². The summed E-state index contributed by atoms with van der Waals surface area (Å²) in [5, 5.41) is 6.69. The van der Waals surface area contributed by atoms with E-state index in [1.165, 1.54) is 12.1 Å². The molecule has 6 heteroatoms. The summed E-state index contributed by atoms with van der Waals surface area (Å²) in [6.07, 6.45) is 1.65. The highest BCUT2D eigenvalue weighted by Crippen LogP contribution is 2.13. The highest BCUT2D eigenvalue weighted by Gasteiger charge is 2.10. The molecule has 0 atom stereocenters. The normalized spacial score (nSPS) is 10.3. The SMILES string of the molecule is Cn1nccc1CNC(=O)c1ccc(F)cc1N. The van der Waals surface area contributed by atoms with Crippen molar-refractivity contribution < 1.29 is 9.18 Å². The van der Waals surface area contributed by atoms with Gasteiger partial charge in [-0.25, -0.2) is 4.39 Å². The molecule has 5 nitrogen and oxygen atoms in total. The maximum atomic E-state index is 12.8. The molecule has 0 aliphatic carbocycles. The van der Waals surface area contributed by atoms with E-state index in [-0.39, 0.29) is 17.2 Å². The van der Waals surface area contributed by atoms with Crippen LogP contribution < -0.4 is 11.1 Å². The summed E-state index contributed by atoms with van der Waals surface area (Å²) in [6.45, 7) is 0.339. The Bertz CT molecular complexity index is 579. The molecule has 0 unspecified atom stereocenters. The molecule has 0 saturated heterocycles. The van der Waals surface area contributed by atoms with Gasteiger partial charge in [-0.15, -0.1) is 0 Å². The maximum Gasteiger partial charge on any atom is 0.253 e. The van der Waals surface area contributed by atoms with Gasteiger partial charge in [0, 0.05) is 18.9 Å². The Morgan fingerprint density at radius 3 is 2.89 bits per heavy atom. The van der Waals surface area contributed by atoms with Crippen molar-refractivity contribution in [1.82, 2.24) is 15.1 Å². The molecule has 1 aromatic carbocycles. The molecule has 2 rings (SSSR count). The smallest absolute Gasteiger partial charge is 0.253 e. The zero-order valence-corrected chi connectivity index (χ0v) is 9.85. The van der Waals surface area contributed by atoms with Gasteiger partial charge in [0.25, 0.3) is 5.91 Å². The zero-order valence-electron chi connectivity index (χ0n) is 9.85. The second kappa shape index (κ2) is 4.87. The molecule has 18 heavy (non-hydrogen) atoms. The third kappa shape index (κ3) is 2.48. The van der Waals surface area contributed by atoms with E-state index in [0.29, 0.717) is 6.54 Å². The van der Waals surface area contributed by atoms with Crippen molar-refractivity contribution in [1.29, 1.82) is 0 Å². The van der Waals surface area contributed by atoms with Gasteiger partial charge in [0.2, 0.25) is 0 Å². The van der Waals surface area contributed by atoms with Crippen LogP contribution in [0.25, 0.3) is 0 Å². The van der Waals surface area contributed by atoms with Gasteiger partial charge in [-0.3, -0.25) is 9.48 Å². The molecule has 3 N–H and O–H groups in total.